The first-order valence-corrected chi connectivity index (χ1v) is 14.1. The van der Waals surface area contributed by atoms with Crippen molar-refractivity contribution < 1.29 is 28.3 Å². The summed E-state index contributed by atoms with van der Waals surface area (Å²) in [5.74, 6) is 0.140. The van der Waals surface area contributed by atoms with Crippen LogP contribution in [-0.2, 0) is 28.3 Å². The maximum atomic E-state index is 13.3. The van der Waals surface area contributed by atoms with Gasteiger partial charge in [-0.05, 0) is 37.9 Å². The number of ether oxygens (including phenoxy) is 3. The summed E-state index contributed by atoms with van der Waals surface area (Å²) in [5, 5.41) is 1.13. The zero-order valence-electron chi connectivity index (χ0n) is 20.8. The van der Waals surface area contributed by atoms with E-state index in [1.807, 2.05) is 6.92 Å². The number of carbonyl (C=O) groups is 1. The molecule has 0 saturated carbocycles. The number of amides is 1. The fourth-order valence-corrected chi connectivity index (χ4v) is 5.07. The largest absolute Gasteiger partial charge is 0.484 e. The van der Waals surface area contributed by atoms with E-state index in [-0.39, 0.29) is 23.8 Å². The molecule has 0 spiro atoms. The fraction of sp³-hybridized carbons (Fsp3) is 0.783. The van der Waals surface area contributed by atoms with Gasteiger partial charge in [-0.15, -0.1) is 0 Å². The smallest absolute Gasteiger partial charge is 0.284 e. The van der Waals surface area contributed by atoms with E-state index in [1.165, 1.54) is 12.2 Å². The van der Waals surface area contributed by atoms with Crippen LogP contribution < -0.4 is 0 Å². The third-order valence-corrected chi connectivity index (χ3v) is 11.2. The monoisotopic (exact) mass is 455 g/mol. The number of carbonyl (C=O) groups excluding carboxylic acids is 1. The summed E-state index contributed by atoms with van der Waals surface area (Å²) < 4.78 is 24.8. The van der Waals surface area contributed by atoms with E-state index in [0.29, 0.717) is 17.0 Å². The highest BCUT2D eigenvalue weighted by Gasteiger charge is 2.59. The first-order chi connectivity index (χ1) is 14.4. The lowest BCUT2D eigenvalue weighted by Crippen LogP contribution is -2.61. The van der Waals surface area contributed by atoms with Crippen molar-refractivity contribution in [2.75, 3.05) is 21.0 Å². The maximum Gasteiger partial charge on any atom is 0.284 e. The number of hydrogen-bond donors (Lipinski definition) is 0. The zero-order chi connectivity index (χ0) is 23.6. The Morgan fingerprint density at radius 1 is 1.23 bits per heavy atom. The lowest BCUT2D eigenvalue weighted by molar-refractivity contribution is -0.214. The number of rotatable bonds is 10. The molecule has 2 rings (SSSR count). The lowest BCUT2D eigenvalue weighted by Gasteiger charge is -2.50. The van der Waals surface area contributed by atoms with Gasteiger partial charge in [0, 0.05) is 7.11 Å². The summed E-state index contributed by atoms with van der Waals surface area (Å²) in [6.45, 7) is 19.1. The number of nitrogens with zero attached hydrogens (tertiary/aromatic N) is 1. The molecule has 0 aliphatic carbocycles. The van der Waals surface area contributed by atoms with E-state index in [2.05, 4.69) is 47.4 Å². The van der Waals surface area contributed by atoms with Crippen molar-refractivity contribution in [3.05, 3.63) is 23.6 Å². The van der Waals surface area contributed by atoms with Crippen molar-refractivity contribution in [3.8, 4) is 0 Å². The zero-order valence-corrected chi connectivity index (χ0v) is 21.8. The first-order valence-electron chi connectivity index (χ1n) is 11.1. The molecule has 31 heavy (non-hydrogen) atoms. The molecule has 8 heteroatoms. The summed E-state index contributed by atoms with van der Waals surface area (Å²) in [6.07, 6.45) is 3.01. The van der Waals surface area contributed by atoms with Gasteiger partial charge in [0.2, 0.25) is 0 Å². The molecule has 0 aromatic heterocycles. The SMILES string of the molecule is C=C1C2=C(C(=O)N1OC)[C@@H](O[Si](C)(C)C(C)(C)C)[C@@](C)(OCOC)[C@@H](CCCCC)O2. The number of hydroxylamine groups is 2. The Balaban J connectivity index is 2.59. The molecule has 0 unspecified atom stereocenters. The standard InChI is InChI=1S/C23H41NO6Si/c1-11-12-13-14-17-23(6,28-15-26-7)20(30-31(9,10)22(3,4)5)18-19(29-17)16(2)24(27-8)21(18)25/h17,20H,2,11-15H2,1,3-10H3/t17-,20-,23+/m1/s1. The van der Waals surface area contributed by atoms with Crippen LogP contribution in [0.15, 0.2) is 23.6 Å². The van der Waals surface area contributed by atoms with Crippen molar-refractivity contribution in [2.24, 2.45) is 0 Å². The molecule has 0 radical (unpaired) electrons. The molecular formula is C23H41NO6Si. The molecule has 178 valence electrons. The fourth-order valence-electron chi connectivity index (χ4n) is 3.77. The van der Waals surface area contributed by atoms with E-state index >= 15 is 0 Å². The van der Waals surface area contributed by atoms with E-state index < -0.39 is 20.0 Å². The number of methoxy groups -OCH3 is 1. The second kappa shape index (κ2) is 9.75. The second-order valence-corrected chi connectivity index (χ2v) is 14.8. The summed E-state index contributed by atoms with van der Waals surface area (Å²) in [5.41, 5.74) is -0.0831. The van der Waals surface area contributed by atoms with Crippen LogP contribution in [0.3, 0.4) is 0 Å². The first kappa shape index (κ1) is 26.1. The van der Waals surface area contributed by atoms with Crippen molar-refractivity contribution in [1.82, 2.24) is 5.06 Å². The summed E-state index contributed by atoms with van der Waals surface area (Å²) in [7, 11) is 0.752. The normalized spacial score (nSPS) is 27.1. The second-order valence-electron chi connectivity index (χ2n) is 10.1. The van der Waals surface area contributed by atoms with Gasteiger partial charge in [-0.25, -0.2) is 0 Å². The van der Waals surface area contributed by atoms with E-state index in [0.717, 1.165) is 25.7 Å². The van der Waals surface area contributed by atoms with Crippen LogP contribution >= 0.6 is 0 Å². The molecule has 2 aliphatic heterocycles. The van der Waals surface area contributed by atoms with Gasteiger partial charge in [-0.1, -0.05) is 47.1 Å². The van der Waals surface area contributed by atoms with Gasteiger partial charge in [-0.2, -0.15) is 5.06 Å². The predicted octanol–water partition coefficient (Wildman–Crippen LogP) is 4.91. The molecule has 2 aliphatic rings. The van der Waals surface area contributed by atoms with Crippen LogP contribution in [0.2, 0.25) is 18.1 Å². The molecule has 0 aromatic carbocycles. The quantitative estimate of drug-likeness (QED) is 0.265. The minimum atomic E-state index is -2.28. The summed E-state index contributed by atoms with van der Waals surface area (Å²) in [6, 6.07) is 0. The Morgan fingerprint density at radius 3 is 2.39 bits per heavy atom. The van der Waals surface area contributed by atoms with E-state index in [1.54, 1.807) is 7.11 Å². The molecule has 2 heterocycles. The van der Waals surface area contributed by atoms with Gasteiger partial charge < -0.3 is 18.6 Å². The maximum absolute atomic E-state index is 13.3. The van der Waals surface area contributed by atoms with Gasteiger partial charge in [0.05, 0.1) is 12.7 Å². The predicted molar refractivity (Wildman–Crippen MR) is 122 cm³/mol. The molecule has 0 saturated heterocycles. The van der Waals surface area contributed by atoms with Gasteiger partial charge in [0.15, 0.2) is 14.1 Å². The van der Waals surface area contributed by atoms with Gasteiger partial charge in [-0.3, -0.25) is 9.63 Å². The Bertz CT molecular complexity index is 713. The highest BCUT2D eigenvalue weighted by atomic mass is 28.4. The summed E-state index contributed by atoms with van der Waals surface area (Å²) in [4.78, 5) is 18.6. The van der Waals surface area contributed by atoms with Crippen molar-refractivity contribution >= 4 is 14.2 Å². The minimum Gasteiger partial charge on any atom is -0.484 e. The van der Waals surface area contributed by atoms with Gasteiger partial charge in [0.25, 0.3) is 5.91 Å². The van der Waals surface area contributed by atoms with Gasteiger partial charge >= 0.3 is 0 Å². The molecular weight excluding hydrogens is 414 g/mol. The topological polar surface area (TPSA) is 66.5 Å². The van der Waals surface area contributed by atoms with Gasteiger partial charge in [0.1, 0.15) is 30.3 Å². The Hall–Kier alpha value is -1.19. The van der Waals surface area contributed by atoms with Crippen molar-refractivity contribution in [2.45, 2.75) is 96.2 Å². The van der Waals surface area contributed by atoms with Crippen molar-refractivity contribution in [3.63, 3.8) is 0 Å². The third kappa shape index (κ3) is 4.93. The third-order valence-electron chi connectivity index (χ3n) is 6.81. The molecule has 1 amide bonds. The minimum absolute atomic E-state index is 0.0501. The molecule has 3 atom stereocenters. The molecule has 0 N–H and O–H groups in total. The average molecular weight is 456 g/mol. The van der Waals surface area contributed by atoms with Crippen LogP contribution in [0, 0.1) is 0 Å². The summed E-state index contributed by atoms with van der Waals surface area (Å²) >= 11 is 0. The molecule has 0 aromatic rings. The van der Waals surface area contributed by atoms with Crippen LogP contribution in [0.5, 0.6) is 0 Å². The van der Waals surface area contributed by atoms with Crippen LogP contribution in [-0.4, -0.2) is 58.1 Å². The highest BCUT2D eigenvalue weighted by Crippen LogP contribution is 2.48. The highest BCUT2D eigenvalue weighted by molar-refractivity contribution is 6.74. The van der Waals surface area contributed by atoms with Crippen LogP contribution in [0.25, 0.3) is 0 Å². The lowest BCUT2D eigenvalue weighted by atomic mass is 9.82. The molecule has 0 bridgehead atoms. The molecule has 7 nitrogen and oxygen atoms in total. The van der Waals surface area contributed by atoms with Crippen molar-refractivity contribution in [1.29, 1.82) is 0 Å². The van der Waals surface area contributed by atoms with Crippen LogP contribution in [0.4, 0.5) is 0 Å². The number of hydrogen-bond acceptors (Lipinski definition) is 6. The molecule has 0 fully saturated rings. The van der Waals surface area contributed by atoms with Crippen LogP contribution in [0.1, 0.15) is 60.3 Å². The number of unbranched alkanes of at least 4 members (excludes halogenated alkanes) is 2. The Morgan fingerprint density at radius 2 is 1.87 bits per heavy atom. The average Bonchev–Trinajstić information content (AvgIpc) is 2.91. The Labute approximate surface area is 188 Å². The Kier molecular flexibility index (Phi) is 8.19. The van der Waals surface area contributed by atoms with E-state index in [4.69, 9.17) is 23.5 Å². The van der Waals surface area contributed by atoms with E-state index in [9.17, 15) is 4.79 Å².